The van der Waals surface area contributed by atoms with Crippen LogP contribution in [0.5, 0.6) is 0 Å². The topological polar surface area (TPSA) is 85.1 Å². The van der Waals surface area contributed by atoms with E-state index >= 15 is 0 Å². The van der Waals surface area contributed by atoms with Crippen LogP contribution in [0, 0.1) is 24.0 Å². The third-order valence-corrected chi connectivity index (χ3v) is 4.58. The smallest absolute Gasteiger partial charge is 0.273 e. The summed E-state index contributed by atoms with van der Waals surface area (Å²) in [7, 11) is 0. The molecule has 0 fully saturated rings. The molecule has 3 aromatic rings. The molecule has 0 saturated heterocycles. The molecule has 2 aromatic carbocycles. The van der Waals surface area contributed by atoms with Gasteiger partial charge in [-0.2, -0.15) is 0 Å². The van der Waals surface area contributed by atoms with E-state index in [0.717, 1.165) is 16.3 Å². The van der Waals surface area contributed by atoms with Gasteiger partial charge in [0, 0.05) is 33.8 Å². The molecule has 0 bridgehead atoms. The number of nitrogens with one attached hydrogen (secondary N) is 1. The molecular formula is C18H15N3O3S. The molecule has 0 atom stereocenters. The van der Waals surface area contributed by atoms with Crippen LogP contribution in [0.4, 0.5) is 11.4 Å². The van der Waals surface area contributed by atoms with E-state index in [0.29, 0.717) is 11.3 Å². The van der Waals surface area contributed by atoms with Crippen molar-refractivity contribution in [2.24, 2.45) is 0 Å². The zero-order valence-electron chi connectivity index (χ0n) is 13.6. The van der Waals surface area contributed by atoms with Gasteiger partial charge in [0.2, 0.25) is 0 Å². The molecule has 1 heterocycles. The van der Waals surface area contributed by atoms with Gasteiger partial charge in [0.25, 0.3) is 11.6 Å². The van der Waals surface area contributed by atoms with E-state index < -0.39 is 4.92 Å². The summed E-state index contributed by atoms with van der Waals surface area (Å²) in [4.78, 5) is 27.4. The van der Waals surface area contributed by atoms with Gasteiger partial charge in [0.1, 0.15) is 0 Å². The molecule has 3 rings (SSSR count). The molecule has 0 aliphatic rings. The first-order chi connectivity index (χ1) is 12.0. The zero-order chi connectivity index (χ0) is 18.0. The maximum absolute atomic E-state index is 12.4. The van der Waals surface area contributed by atoms with E-state index in [1.54, 1.807) is 36.5 Å². The van der Waals surface area contributed by atoms with E-state index in [9.17, 15) is 14.9 Å². The van der Waals surface area contributed by atoms with Crippen molar-refractivity contribution in [2.45, 2.75) is 13.8 Å². The highest BCUT2D eigenvalue weighted by Crippen LogP contribution is 2.25. The first kappa shape index (κ1) is 16.8. The molecule has 126 valence electrons. The molecule has 7 heteroatoms. The summed E-state index contributed by atoms with van der Waals surface area (Å²) in [6.45, 7) is 3.52. The minimum Gasteiger partial charge on any atom is -0.322 e. The van der Waals surface area contributed by atoms with Crippen LogP contribution in [0.2, 0.25) is 0 Å². The van der Waals surface area contributed by atoms with Crippen molar-refractivity contribution in [3.8, 4) is 11.3 Å². The Morgan fingerprint density at radius 3 is 2.48 bits per heavy atom. The van der Waals surface area contributed by atoms with Crippen LogP contribution in [0.3, 0.4) is 0 Å². The van der Waals surface area contributed by atoms with Gasteiger partial charge in [0.05, 0.1) is 15.6 Å². The fourth-order valence-electron chi connectivity index (χ4n) is 2.49. The van der Waals surface area contributed by atoms with Crippen LogP contribution in [0.1, 0.15) is 20.9 Å². The number of nitrogens with zero attached hydrogens (tertiary/aromatic N) is 2. The summed E-state index contributed by atoms with van der Waals surface area (Å²) in [5.74, 6) is -0.376. The van der Waals surface area contributed by atoms with Crippen molar-refractivity contribution in [3.05, 3.63) is 74.1 Å². The Morgan fingerprint density at radius 2 is 1.88 bits per heavy atom. The highest BCUT2D eigenvalue weighted by Gasteiger charge is 2.18. The van der Waals surface area contributed by atoms with Gasteiger partial charge >= 0.3 is 0 Å². The molecular weight excluding hydrogens is 338 g/mol. The van der Waals surface area contributed by atoms with Crippen LogP contribution >= 0.6 is 11.3 Å². The molecule has 0 unspecified atom stereocenters. The third-order valence-electron chi connectivity index (χ3n) is 3.80. The predicted molar refractivity (Wildman–Crippen MR) is 98.1 cm³/mol. The zero-order valence-corrected chi connectivity index (χ0v) is 14.5. The first-order valence-electron chi connectivity index (χ1n) is 7.53. The van der Waals surface area contributed by atoms with Crippen LogP contribution in [-0.2, 0) is 0 Å². The summed E-state index contributed by atoms with van der Waals surface area (Å²) in [5, 5.41) is 16.7. The number of amides is 1. The summed E-state index contributed by atoms with van der Waals surface area (Å²) < 4.78 is 0. The van der Waals surface area contributed by atoms with Crippen molar-refractivity contribution in [1.29, 1.82) is 0 Å². The molecule has 6 nitrogen and oxygen atoms in total. The Labute approximate surface area is 148 Å². The van der Waals surface area contributed by atoms with Crippen LogP contribution in [0.25, 0.3) is 11.3 Å². The lowest BCUT2D eigenvalue weighted by Crippen LogP contribution is -2.14. The minimum absolute atomic E-state index is 0.0677. The maximum atomic E-state index is 12.4. The second-order valence-corrected chi connectivity index (χ2v) is 6.55. The Morgan fingerprint density at radius 1 is 1.16 bits per heavy atom. The maximum Gasteiger partial charge on any atom is 0.273 e. The Bertz CT molecular complexity index is 948. The number of hydrogen-bond donors (Lipinski definition) is 1. The second kappa shape index (κ2) is 6.82. The summed E-state index contributed by atoms with van der Waals surface area (Å²) in [6.07, 6.45) is 0. The number of anilines is 1. The highest BCUT2D eigenvalue weighted by molar-refractivity contribution is 7.09. The number of carbonyl (C=O) groups excluding carboxylic acids is 1. The predicted octanol–water partition coefficient (Wildman–Crippen LogP) is 4.59. The van der Waals surface area contributed by atoms with Gasteiger partial charge in [-0.3, -0.25) is 14.9 Å². The molecule has 0 saturated carbocycles. The monoisotopic (exact) mass is 353 g/mol. The third kappa shape index (κ3) is 3.56. The Balaban J connectivity index is 1.80. The number of thiazole rings is 1. The number of aryl methyl sites for hydroxylation is 1. The second-order valence-electron chi connectivity index (χ2n) is 5.49. The Kier molecular flexibility index (Phi) is 4.58. The first-order valence-corrected chi connectivity index (χ1v) is 8.41. The van der Waals surface area contributed by atoms with Crippen molar-refractivity contribution < 1.29 is 9.72 Å². The molecule has 1 aromatic heterocycles. The molecule has 0 spiro atoms. The summed E-state index contributed by atoms with van der Waals surface area (Å²) >= 11 is 1.58. The number of benzene rings is 2. The van der Waals surface area contributed by atoms with E-state index in [1.807, 2.05) is 24.4 Å². The van der Waals surface area contributed by atoms with Crippen molar-refractivity contribution >= 4 is 28.6 Å². The largest absolute Gasteiger partial charge is 0.322 e. The van der Waals surface area contributed by atoms with Crippen LogP contribution in [-0.4, -0.2) is 15.8 Å². The highest BCUT2D eigenvalue weighted by atomic mass is 32.1. The van der Waals surface area contributed by atoms with E-state index in [2.05, 4.69) is 10.3 Å². The van der Waals surface area contributed by atoms with E-state index in [4.69, 9.17) is 0 Å². The lowest BCUT2D eigenvalue weighted by atomic mass is 10.1. The van der Waals surface area contributed by atoms with Crippen molar-refractivity contribution in [3.63, 3.8) is 0 Å². The Hall–Kier alpha value is -3.06. The average molecular weight is 353 g/mol. The van der Waals surface area contributed by atoms with Crippen LogP contribution in [0.15, 0.2) is 47.8 Å². The molecule has 25 heavy (non-hydrogen) atoms. The van der Waals surface area contributed by atoms with Crippen LogP contribution < -0.4 is 5.32 Å². The molecule has 1 N–H and O–H groups in total. The van der Waals surface area contributed by atoms with Gasteiger partial charge in [-0.05, 0) is 32.0 Å². The number of nitro groups is 1. The normalized spacial score (nSPS) is 10.5. The number of rotatable bonds is 4. The lowest BCUT2D eigenvalue weighted by Gasteiger charge is -2.08. The number of aromatic nitrogens is 1. The summed E-state index contributed by atoms with van der Waals surface area (Å²) in [6, 6.07) is 11.8. The molecule has 0 aliphatic heterocycles. The SMILES string of the molecule is Cc1nc(-c2ccc(NC(=O)c3cccc([N+](=O)[O-])c3C)cc2)cs1. The summed E-state index contributed by atoms with van der Waals surface area (Å²) in [5.41, 5.74) is 3.05. The number of carbonyl (C=O) groups is 1. The quantitative estimate of drug-likeness (QED) is 0.549. The minimum atomic E-state index is -0.489. The molecule has 0 radical (unpaired) electrons. The van der Waals surface area contributed by atoms with Gasteiger partial charge in [-0.25, -0.2) is 4.98 Å². The number of nitro benzene ring substituents is 1. The van der Waals surface area contributed by atoms with Gasteiger partial charge in [-0.15, -0.1) is 11.3 Å². The standard InChI is InChI=1S/C18H15N3O3S/c1-11-15(4-3-5-17(11)21(23)24)18(22)20-14-8-6-13(7-9-14)16-10-25-12(2)19-16/h3-10H,1-2H3,(H,20,22). The lowest BCUT2D eigenvalue weighted by molar-refractivity contribution is -0.385. The number of hydrogen-bond acceptors (Lipinski definition) is 5. The van der Waals surface area contributed by atoms with Crippen molar-refractivity contribution in [1.82, 2.24) is 4.98 Å². The van der Waals surface area contributed by atoms with Gasteiger partial charge in [-0.1, -0.05) is 18.2 Å². The van der Waals surface area contributed by atoms with Gasteiger partial charge in [0.15, 0.2) is 0 Å². The molecule has 1 amide bonds. The van der Waals surface area contributed by atoms with E-state index in [1.165, 1.54) is 12.1 Å². The fraction of sp³-hybridized carbons (Fsp3) is 0.111. The van der Waals surface area contributed by atoms with Crippen molar-refractivity contribution in [2.75, 3.05) is 5.32 Å². The van der Waals surface area contributed by atoms with E-state index in [-0.39, 0.29) is 17.2 Å². The molecule has 0 aliphatic carbocycles. The van der Waals surface area contributed by atoms with Gasteiger partial charge < -0.3 is 5.32 Å². The average Bonchev–Trinajstić information content (AvgIpc) is 3.02. The fourth-order valence-corrected chi connectivity index (χ4v) is 3.11.